The lowest BCUT2D eigenvalue weighted by molar-refractivity contribution is 0.0927. The fourth-order valence-electron chi connectivity index (χ4n) is 2.34. The van der Waals surface area contributed by atoms with Crippen LogP contribution in [0.1, 0.15) is 22.8 Å². The molecule has 2 heteroatoms. The molecule has 0 amide bonds. The van der Waals surface area contributed by atoms with Crippen molar-refractivity contribution in [2.24, 2.45) is 0 Å². The van der Waals surface area contributed by atoms with E-state index in [1.807, 2.05) is 80.5 Å². The van der Waals surface area contributed by atoms with Crippen molar-refractivity contribution in [1.29, 1.82) is 0 Å². The van der Waals surface area contributed by atoms with Crippen LogP contribution in [0, 0.1) is 0 Å². The number of hydrogen-bond acceptors (Lipinski definition) is 2. The summed E-state index contributed by atoms with van der Waals surface area (Å²) in [5.74, 6) is 0.0639. The average Bonchev–Trinajstić information content (AvgIpc) is 2.54. The summed E-state index contributed by atoms with van der Waals surface area (Å²) >= 11 is 0. The van der Waals surface area contributed by atoms with Gasteiger partial charge in [0.1, 0.15) is 0 Å². The third-order valence-corrected chi connectivity index (χ3v) is 3.90. The Morgan fingerprint density at radius 1 is 1.05 bits per heavy atom. The highest BCUT2D eigenvalue weighted by molar-refractivity contribution is 6.05. The second-order valence-corrected chi connectivity index (χ2v) is 5.54. The first-order valence-corrected chi connectivity index (χ1v) is 7.00. The summed E-state index contributed by atoms with van der Waals surface area (Å²) in [6.07, 6.45) is 1.73. The first-order valence-electron chi connectivity index (χ1n) is 7.00. The molecule has 0 aliphatic heterocycles. The van der Waals surface area contributed by atoms with E-state index in [1.54, 1.807) is 6.08 Å². The maximum Gasteiger partial charge on any atom is 0.176 e. The Kier molecular flexibility index (Phi) is 4.27. The van der Waals surface area contributed by atoms with Gasteiger partial charge in [0.25, 0.3) is 0 Å². The standard InChI is InChI=1S/C19H21NO/c1-5-19(2,16-9-7-6-8-10-16)18(21)15-11-13-17(14-12-15)20(3)4/h5-14H,1H2,2-4H3/t19-/m1/s1. The van der Waals surface area contributed by atoms with Crippen molar-refractivity contribution in [3.05, 3.63) is 78.4 Å². The number of rotatable bonds is 5. The molecule has 2 aromatic carbocycles. The zero-order valence-corrected chi connectivity index (χ0v) is 12.8. The highest BCUT2D eigenvalue weighted by atomic mass is 16.1. The number of nitrogens with zero attached hydrogens (tertiary/aromatic N) is 1. The number of carbonyl (C=O) groups excluding carboxylic acids is 1. The number of Topliss-reactive ketones (excluding diaryl/α,β-unsaturated/α-hetero) is 1. The zero-order chi connectivity index (χ0) is 15.5. The van der Waals surface area contributed by atoms with Gasteiger partial charge in [0.2, 0.25) is 0 Å². The van der Waals surface area contributed by atoms with Gasteiger partial charge in [-0.3, -0.25) is 4.79 Å². The van der Waals surface area contributed by atoms with Crippen molar-refractivity contribution in [3.8, 4) is 0 Å². The molecule has 2 rings (SSSR count). The molecule has 0 spiro atoms. The number of benzene rings is 2. The third-order valence-electron chi connectivity index (χ3n) is 3.90. The van der Waals surface area contributed by atoms with Crippen LogP contribution >= 0.6 is 0 Å². The Morgan fingerprint density at radius 3 is 2.10 bits per heavy atom. The van der Waals surface area contributed by atoms with Crippen molar-refractivity contribution in [2.75, 3.05) is 19.0 Å². The molecule has 0 heterocycles. The Balaban J connectivity index is 2.39. The van der Waals surface area contributed by atoms with Gasteiger partial charge in [-0.15, -0.1) is 6.58 Å². The van der Waals surface area contributed by atoms with Crippen molar-refractivity contribution in [3.63, 3.8) is 0 Å². The lowest BCUT2D eigenvalue weighted by Gasteiger charge is -2.25. The molecule has 0 saturated carbocycles. The first-order chi connectivity index (χ1) is 9.99. The van der Waals surface area contributed by atoms with Gasteiger partial charge in [0, 0.05) is 25.3 Å². The molecule has 0 saturated heterocycles. The summed E-state index contributed by atoms with van der Waals surface area (Å²) in [4.78, 5) is 14.9. The van der Waals surface area contributed by atoms with Gasteiger partial charge in [-0.2, -0.15) is 0 Å². The van der Waals surface area contributed by atoms with Crippen LogP contribution in [0.4, 0.5) is 5.69 Å². The predicted molar refractivity (Wildman–Crippen MR) is 89.1 cm³/mol. The zero-order valence-electron chi connectivity index (χ0n) is 12.8. The predicted octanol–water partition coefficient (Wildman–Crippen LogP) is 4.08. The molecule has 21 heavy (non-hydrogen) atoms. The SMILES string of the molecule is C=C[C@@](C)(C(=O)c1ccc(N(C)C)cc1)c1ccccc1. The quantitative estimate of drug-likeness (QED) is 0.607. The van der Waals surface area contributed by atoms with E-state index in [-0.39, 0.29) is 5.78 Å². The molecule has 0 unspecified atom stereocenters. The third kappa shape index (κ3) is 2.89. The molecule has 2 aromatic rings. The summed E-state index contributed by atoms with van der Waals surface area (Å²) in [7, 11) is 3.96. The normalized spacial score (nSPS) is 13.3. The van der Waals surface area contributed by atoms with E-state index in [4.69, 9.17) is 0 Å². The van der Waals surface area contributed by atoms with Crippen LogP contribution in [0.3, 0.4) is 0 Å². The van der Waals surface area contributed by atoms with Crippen molar-refractivity contribution < 1.29 is 4.79 Å². The number of carbonyl (C=O) groups is 1. The number of ketones is 1. The Morgan fingerprint density at radius 2 is 1.62 bits per heavy atom. The van der Waals surface area contributed by atoms with Crippen LogP contribution in [-0.4, -0.2) is 19.9 Å². The molecule has 0 radical (unpaired) electrons. The molecule has 2 nitrogen and oxygen atoms in total. The van der Waals surface area contributed by atoms with Gasteiger partial charge in [-0.25, -0.2) is 0 Å². The van der Waals surface area contributed by atoms with E-state index in [9.17, 15) is 4.79 Å². The van der Waals surface area contributed by atoms with E-state index in [2.05, 4.69) is 6.58 Å². The average molecular weight is 279 g/mol. The van der Waals surface area contributed by atoms with Crippen LogP contribution in [0.25, 0.3) is 0 Å². The highest BCUT2D eigenvalue weighted by Crippen LogP contribution is 2.29. The van der Waals surface area contributed by atoms with E-state index >= 15 is 0 Å². The minimum absolute atomic E-state index is 0.0639. The monoisotopic (exact) mass is 279 g/mol. The topological polar surface area (TPSA) is 20.3 Å². The van der Waals surface area contributed by atoms with Crippen molar-refractivity contribution in [1.82, 2.24) is 0 Å². The summed E-state index contributed by atoms with van der Waals surface area (Å²) < 4.78 is 0. The molecular weight excluding hydrogens is 258 g/mol. The lowest BCUT2D eigenvalue weighted by atomic mass is 9.76. The second kappa shape index (κ2) is 5.96. The van der Waals surface area contributed by atoms with Crippen LogP contribution in [0.5, 0.6) is 0 Å². The number of anilines is 1. The molecule has 0 fully saturated rings. The van der Waals surface area contributed by atoms with Crippen LogP contribution in [0.15, 0.2) is 67.3 Å². The van der Waals surface area contributed by atoms with E-state index in [0.717, 1.165) is 11.3 Å². The highest BCUT2D eigenvalue weighted by Gasteiger charge is 2.32. The summed E-state index contributed by atoms with van der Waals surface area (Å²) in [6.45, 7) is 5.79. The Hall–Kier alpha value is -2.35. The summed E-state index contributed by atoms with van der Waals surface area (Å²) in [6, 6.07) is 17.4. The second-order valence-electron chi connectivity index (χ2n) is 5.54. The fourth-order valence-corrected chi connectivity index (χ4v) is 2.34. The van der Waals surface area contributed by atoms with Gasteiger partial charge in [0.05, 0.1) is 5.41 Å². The van der Waals surface area contributed by atoms with Gasteiger partial charge < -0.3 is 4.90 Å². The maximum absolute atomic E-state index is 12.9. The van der Waals surface area contributed by atoms with E-state index in [0.29, 0.717) is 5.56 Å². The molecule has 0 bridgehead atoms. The van der Waals surface area contributed by atoms with Gasteiger partial charge in [-0.05, 0) is 36.8 Å². The van der Waals surface area contributed by atoms with Gasteiger partial charge in [0.15, 0.2) is 5.78 Å². The van der Waals surface area contributed by atoms with Crippen LogP contribution in [0.2, 0.25) is 0 Å². The Labute approximate surface area is 126 Å². The number of allylic oxidation sites excluding steroid dienone is 1. The van der Waals surface area contributed by atoms with Crippen molar-refractivity contribution >= 4 is 11.5 Å². The Bertz CT molecular complexity index is 628. The van der Waals surface area contributed by atoms with Gasteiger partial charge >= 0.3 is 0 Å². The lowest BCUT2D eigenvalue weighted by Crippen LogP contribution is -2.30. The van der Waals surface area contributed by atoms with Gasteiger partial charge in [-0.1, -0.05) is 36.4 Å². The molecule has 1 atom stereocenters. The van der Waals surface area contributed by atoms with Crippen molar-refractivity contribution in [2.45, 2.75) is 12.3 Å². The minimum atomic E-state index is -0.707. The molecule has 0 aromatic heterocycles. The minimum Gasteiger partial charge on any atom is -0.378 e. The van der Waals surface area contributed by atoms with Crippen LogP contribution in [-0.2, 0) is 5.41 Å². The maximum atomic E-state index is 12.9. The van der Waals surface area contributed by atoms with E-state index in [1.165, 1.54) is 0 Å². The largest absolute Gasteiger partial charge is 0.378 e. The fraction of sp³-hybridized carbons (Fsp3) is 0.211. The molecule has 0 aliphatic carbocycles. The molecular formula is C19H21NO. The van der Waals surface area contributed by atoms with E-state index < -0.39 is 5.41 Å². The smallest absolute Gasteiger partial charge is 0.176 e. The summed E-state index contributed by atoms with van der Waals surface area (Å²) in [5, 5.41) is 0. The first kappa shape index (κ1) is 15.0. The summed E-state index contributed by atoms with van der Waals surface area (Å²) in [5.41, 5.74) is 2.03. The molecule has 0 N–H and O–H groups in total. The number of hydrogen-bond donors (Lipinski definition) is 0. The van der Waals surface area contributed by atoms with Crippen LogP contribution < -0.4 is 4.90 Å². The molecule has 0 aliphatic rings. The molecule has 108 valence electrons.